The quantitative estimate of drug-likeness (QED) is 0.936. The Kier molecular flexibility index (Phi) is 3.53. The maximum absolute atomic E-state index is 12.7. The van der Waals surface area contributed by atoms with Crippen molar-refractivity contribution in [2.45, 2.75) is 45.1 Å². The minimum Gasteiger partial charge on any atom is -0.361 e. The van der Waals surface area contributed by atoms with Gasteiger partial charge < -0.3 is 9.84 Å². The number of aryl methyl sites for hydroxylation is 2. The third-order valence-electron chi connectivity index (χ3n) is 4.38. The van der Waals surface area contributed by atoms with Crippen LogP contribution >= 0.6 is 0 Å². The molecular weight excluding hydrogens is 264 g/mol. The molecule has 2 aromatic rings. The van der Waals surface area contributed by atoms with Crippen molar-refractivity contribution in [3.05, 3.63) is 52.9 Å². The van der Waals surface area contributed by atoms with Gasteiger partial charge in [-0.15, -0.1) is 0 Å². The highest BCUT2D eigenvalue weighted by Gasteiger charge is 2.40. The molecule has 1 aliphatic carbocycles. The molecule has 0 atom stereocenters. The average Bonchev–Trinajstić information content (AvgIpc) is 2.84. The number of amides is 1. The molecule has 0 aliphatic heterocycles. The maximum atomic E-state index is 12.7. The second-order valence-electron chi connectivity index (χ2n) is 5.67. The summed E-state index contributed by atoms with van der Waals surface area (Å²) in [4.78, 5) is 12.7. The average molecular weight is 284 g/mol. The van der Waals surface area contributed by atoms with E-state index in [1.54, 1.807) is 6.92 Å². The summed E-state index contributed by atoms with van der Waals surface area (Å²) in [5, 5.41) is 7.19. The summed E-state index contributed by atoms with van der Waals surface area (Å²) in [5.74, 6) is 0.515. The molecule has 0 unspecified atom stereocenters. The zero-order valence-electron chi connectivity index (χ0n) is 12.5. The van der Waals surface area contributed by atoms with Gasteiger partial charge in [0, 0.05) is 0 Å². The number of carbonyl (C=O) groups excluding carboxylic acids is 1. The summed E-state index contributed by atoms with van der Waals surface area (Å²) < 4.78 is 5.17. The fourth-order valence-corrected chi connectivity index (χ4v) is 3.00. The highest BCUT2D eigenvalue weighted by atomic mass is 16.5. The van der Waals surface area contributed by atoms with Gasteiger partial charge in [-0.1, -0.05) is 42.4 Å². The molecule has 1 saturated carbocycles. The number of aromatic nitrogens is 1. The number of benzene rings is 1. The topological polar surface area (TPSA) is 55.1 Å². The van der Waals surface area contributed by atoms with Crippen LogP contribution < -0.4 is 5.32 Å². The summed E-state index contributed by atoms with van der Waals surface area (Å²) in [7, 11) is 0. The summed E-state index contributed by atoms with van der Waals surface area (Å²) in [6.07, 6.45) is 3.79. The number of nitrogens with one attached hydrogen (secondary N) is 1. The Morgan fingerprint density at radius 3 is 2.62 bits per heavy atom. The summed E-state index contributed by atoms with van der Waals surface area (Å²) in [6.45, 7) is 3.77. The summed E-state index contributed by atoms with van der Waals surface area (Å²) in [5.41, 5.74) is 2.27. The minimum atomic E-state index is -0.229. The van der Waals surface area contributed by atoms with Gasteiger partial charge in [-0.25, -0.2) is 0 Å². The number of nitrogens with zero attached hydrogens (tertiary/aromatic N) is 1. The highest BCUT2D eigenvalue weighted by molar-refractivity contribution is 5.96. The van der Waals surface area contributed by atoms with Crippen LogP contribution in [0.3, 0.4) is 0 Å². The van der Waals surface area contributed by atoms with Gasteiger partial charge in [0.15, 0.2) is 0 Å². The summed E-state index contributed by atoms with van der Waals surface area (Å²) in [6, 6.07) is 10.2. The number of hydrogen-bond donors (Lipinski definition) is 1. The normalized spacial score (nSPS) is 16.3. The second-order valence-corrected chi connectivity index (χ2v) is 5.67. The van der Waals surface area contributed by atoms with E-state index in [1.807, 2.05) is 25.1 Å². The highest BCUT2D eigenvalue weighted by Crippen LogP contribution is 2.41. The van der Waals surface area contributed by atoms with Gasteiger partial charge in [-0.3, -0.25) is 4.79 Å². The molecule has 0 radical (unpaired) electrons. The molecule has 1 amide bonds. The third kappa shape index (κ3) is 2.35. The van der Waals surface area contributed by atoms with Gasteiger partial charge in [0.1, 0.15) is 11.3 Å². The van der Waals surface area contributed by atoms with Crippen LogP contribution in [-0.4, -0.2) is 11.1 Å². The first-order valence-corrected chi connectivity index (χ1v) is 7.49. The van der Waals surface area contributed by atoms with Crippen LogP contribution in [0.15, 0.2) is 34.9 Å². The minimum absolute atomic E-state index is 0.0749. The molecule has 1 aromatic heterocycles. The third-order valence-corrected chi connectivity index (χ3v) is 4.38. The van der Waals surface area contributed by atoms with Crippen molar-refractivity contribution in [1.29, 1.82) is 0 Å². The van der Waals surface area contributed by atoms with E-state index < -0.39 is 0 Å². The first-order chi connectivity index (χ1) is 10.2. The van der Waals surface area contributed by atoms with E-state index in [1.165, 1.54) is 5.56 Å². The van der Waals surface area contributed by atoms with Crippen LogP contribution in [0.2, 0.25) is 0 Å². The summed E-state index contributed by atoms with van der Waals surface area (Å²) >= 11 is 0. The van der Waals surface area contributed by atoms with Crippen molar-refractivity contribution in [2.75, 3.05) is 0 Å². The van der Waals surface area contributed by atoms with Crippen molar-refractivity contribution in [2.24, 2.45) is 0 Å². The van der Waals surface area contributed by atoms with Crippen molar-refractivity contribution in [3.63, 3.8) is 0 Å². The van der Waals surface area contributed by atoms with E-state index in [0.29, 0.717) is 17.7 Å². The monoisotopic (exact) mass is 284 g/mol. The van der Waals surface area contributed by atoms with Crippen LogP contribution in [0.5, 0.6) is 0 Å². The number of rotatable bonds is 4. The Labute approximate surface area is 124 Å². The molecule has 0 spiro atoms. The lowest BCUT2D eigenvalue weighted by atomic mass is 9.71. The molecule has 1 aromatic carbocycles. The van der Waals surface area contributed by atoms with Crippen LogP contribution in [-0.2, 0) is 12.0 Å². The SMILES string of the molecule is CCc1noc(C)c1C(=O)NC1(c2ccccc2)CCC1. The van der Waals surface area contributed by atoms with Crippen LogP contribution in [0.1, 0.15) is 53.6 Å². The Balaban J connectivity index is 1.88. The molecule has 110 valence electrons. The molecule has 4 nitrogen and oxygen atoms in total. The molecule has 0 saturated heterocycles. The van der Waals surface area contributed by atoms with Gasteiger partial charge >= 0.3 is 0 Å². The van der Waals surface area contributed by atoms with Crippen molar-refractivity contribution in [3.8, 4) is 0 Å². The van der Waals surface area contributed by atoms with Gasteiger partial charge in [-0.2, -0.15) is 0 Å². The van der Waals surface area contributed by atoms with Crippen LogP contribution in [0.4, 0.5) is 0 Å². The molecule has 1 aliphatic rings. The number of carbonyl (C=O) groups is 1. The lowest BCUT2D eigenvalue weighted by molar-refractivity contribution is 0.0821. The lowest BCUT2D eigenvalue weighted by Crippen LogP contribution is -2.51. The Hall–Kier alpha value is -2.10. The largest absolute Gasteiger partial charge is 0.361 e. The van der Waals surface area contributed by atoms with E-state index in [-0.39, 0.29) is 11.4 Å². The zero-order chi connectivity index (χ0) is 14.9. The molecule has 21 heavy (non-hydrogen) atoms. The van der Waals surface area contributed by atoms with E-state index >= 15 is 0 Å². The van der Waals surface area contributed by atoms with Gasteiger partial charge in [-0.05, 0) is 38.2 Å². The Morgan fingerprint density at radius 1 is 1.33 bits per heavy atom. The first-order valence-electron chi connectivity index (χ1n) is 7.49. The molecule has 3 rings (SSSR count). The Morgan fingerprint density at radius 2 is 2.05 bits per heavy atom. The van der Waals surface area contributed by atoms with E-state index in [4.69, 9.17) is 4.52 Å². The number of hydrogen-bond acceptors (Lipinski definition) is 3. The predicted molar refractivity (Wildman–Crippen MR) is 80.1 cm³/mol. The standard InChI is InChI=1S/C17H20N2O2/c1-3-14-15(12(2)21-19-14)16(20)18-17(10-7-11-17)13-8-5-4-6-9-13/h4-6,8-9H,3,7,10-11H2,1-2H3,(H,18,20). The molecule has 1 fully saturated rings. The molecule has 4 heteroatoms. The van der Waals surface area contributed by atoms with Crippen LogP contribution in [0, 0.1) is 6.92 Å². The van der Waals surface area contributed by atoms with E-state index in [9.17, 15) is 4.79 Å². The van der Waals surface area contributed by atoms with Crippen molar-refractivity contribution >= 4 is 5.91 Å². The van der Waals surface area contributed by atoms with Crippen molar-refractivity contribution < 1.29 is 9.32 Å². The van der Waals surface area contributed by atoms with Crippen molar-refractivity contribution in [1.82, 2.24) is 10.5 Å². The lowest BCUT2D eigenvalue weighted by Gasteiger charge is -2.43. The molecule has 1 N–H and O–H groups in total. The smallest absolute Gasteiger partial charge is 0.257 e. The molecular formula is C17H20N2O2. The molecule has 0 bridgehead atoms. The Bertz CT molecular complexity index is 642. The van der Waals surface area contributed by atoms with Gasteiger partial charge in [0.2, 0.25) is 0 Å². The van der Waals surface area contributed by atoms with E-state index in [2.05, 4.69) is 22.6 Å². The van der Waals surface area contributed by atoms with Gasteiger partial charge in [0.25, 0.3) is 5.91 Å². The molecule has 1 heterocycles. The zero-order valence-corrected chi connectivity index (χ0v) is 12.5. The second kappa shape index (κ2) is 5.35. The fraction of sp³-hybridized carbons (Fsp3) is 0.412. The van der Waals surface area contributed by atoms with E-state index in [0.717, 1.165) is 25.0 Å². The predicted octanol–water partition coefficient (Wildman–Crippen LogP) is 3.35. The van der Waals surface area contributed by atoms with Gasteiger partial charge in [0.05, 0.1) is 11.2 Å². The first kappa shape index (κ1) is 13.9. The van der Waals surface area contributed by atoms with Crippen LogP contribution in [0.25, 0.3) is 0 Å². The maximum Gasteiger partial charge on any atom is 0.257 e. The fourth-order valence-electron chi connectivity index (χ4n) is 3.00.